The molecule has 3 heteroatoms. The van der Waals surface area contributed by atoms with Crippen LogP contribution in [0.1, 0.15) is 13.3 Å². The Bertz CT molecular complexity index is 42.9. The molecule has 1 saturated heterocycles. The Kier molecular flexibility index (Phi) is 11.7. The predicted octanol–water partition coefficient (Wildman–Crippen LogP) is 1.39. The zero-order valence-electron chi connectivity index (χ0n) is 5.30. The molecule has 0 aromatic carbocycles. The Morgan fingerprint density at radius 1 is 1.38 bits per heavy atom. The smallest absolute Gasteiger partial charge is 0 e. The minimum absolute atomic E-state index is 0. The fourth-order valence-electron chi connectivity index (χ4n) is 0.570. The second kappa shape index (κ2) is 7.28. The molecule has 1 aliphatic heterocycles. The minimum atomic E-state index is 0. The zero-order chi connectivity index (χ0) is 4.41. The Morgan fingerprint density at radius 2 is 1.88 bits per heavy atom. The standard InChI is InChI=1S/C5H10N.2Y/c1-2-5-3-6-4-5;;/h5H,2-4H2,1H3;;/q-1;;. The molecule has 0 aromatic rings. The van der Waals surface area contributed by atoms with Crippen LogP contribution in [-0.2, 0) is 65.4 Å². The van der Waals surface area contributed by atoms with Gasteiger partial charge in [-0.25, -0.2) is 0 Å². The summed E-state index contributed by atoms with van der Waals surface area (Å²) in [6, 6.07) is 0. The second-order valence-corrected chi connectivity index (χ2v) is 1.86. The summed E-state index contributed by atoms with van der Waals surface area (Å²) in [5.74, 6) is 0.949. The first-order valence-electron chi connectivity index (χ1n) is 2.56. The summed E-state index contributed by atoms with van der Waals surface area (Å²) < 4.78 is 0. The van der Waals surface area contributed by atoms with Crippen LogP contribution in [0.25, 0.3) is 5.32 Å². The molecule has 0 spiro atoms. The summed E-state index contributed by atoms with van der Waals surface area (Å²) in [5, 5.41) is 4.07. The third-order valence-electron chi connectivity index (χ3n) is 1.35. The fraction of sp³-hybridized carbons (Fsp3) is 1.00. The topological polar surface area (TPSA) is 14.1 Å². The molecule has 0 aliphatic carbocycles. The quantitative estimate of drug-likeness (QED) is 0.678. The van der Waals surface area contributed by atoms with Crippen molar-refractivity contribution in [3.8, 4) is 0 Å². The second-order valence-electron chi connectivity index (χ2n) is 1.86. The van der Waals surface area contributed by atoms with Crippen molar-refractivity contribution < 1.29 is 65.4 Å². The van der Waals surface area contributed by atoms with E-state index in [-0.39, 0.29) is 65.4 Å². The van der Waals surface area contributed by atoms with Gasteiger partial charge in [0, 0.05) is 65.4 Å². The number of hydrogen-bond donors (Lipinski definition) is 0. The summed E-state index contributed by atoms with van der Waals surface area (Å²) in [5.41, 5.74) is 0. The van der Waals surface area contributed by atoms with Gasteiger partial charge in [-0.05, 0) is 0 Å². The van der Waals surface area contributed by atoms with E-state index in [0.717, 1.165) is 19.0 Å². The van der Waals surface area contributed by atoms with Crippen LogP contribution in [-0.4, -0.2) is 13.1 Å². The predicted molar refractivity (Wildman–Crippen MR) is 26.9 cm³/mol. The van der Waals surface area contributed by atoms with Gasteiger partial charge in [0.25, 0.3) is 0 Å². The average Bonchev–Trinajstić information content (AvgIpc) is 1.31. The molecule has 1 nitrogen and oxygen atoms in total. The van der Waals surface area contributed by atoms with Crippen LogP contribution in [0.3, 0.4) is 0 Å². The van der Waals surface area contributed by atoms with Crippen LogP contribution in [0, 0.1) is 5.92 Å². The van der Waals surface area contributed by atoms with Crippen LogP contribution in [0.2, 0.25) is 0 Å². The molecule has 1 fully saturated rings. The number of nitrogens with zero attached hydrogens (tertiary/aromatic N) is 1. The maximum Gasteiger partial charge on any atom is 0 e. The minimum Gasteiger partial charge on any atom is -0.662 e. The van der Waals surface area contributed by atoms with Gasteiger partial charge in [0.1, 0.15) is 0 Å². The van der Waals surface area contributed by atoms with Gasteiger partial charge in [-0.15, -0.1) is 13.1 Å². The van der Waals surface area contributed by atoms with Crippen molar-refractivity contribution in [3.05, 3.63) is 5.32 Å². The summed E-state index contributed by atoms with van der Waals surface area (Å²) >= 11 is 0. The molecule has 0 amide bonds. The van der Waals surface area contributed by atoms with E-state index in [1.54, 1.807) is 0 Å². The van der Waals surface area contributed by atoms with Crippen molar-refractivity contribution >= 4 is 0 Å². The summed E-state index contributed by atoms with van der Waals surface area (Å²) in [6.45, 7) is 4.49. The van der Waals surface area contributed by atoms with E-state index < -0.39 is 0 Å². The Hall–Kier alpha value is 2.17. The van der Waals surface area contributed by atoms with Crippen molar-refractivity contribution in [2.75, 3.05) is 13.1 Å². The summed E-state index contributed by atoms with van der Waals surface area (Å²) in [7, 11) is 0. The van der Waals surface area contributed by atoms with Crippen molar-refractivity contribution in [3.63, 3.8) is 0 Å². The maximum absolute atomic E-state index is 4.07. The van der Waals surface area contributed by atoms with Gasteiger partial charge in [0.15, 0.2) is 0 Å². The first kappa shape index (κ1) is 12.8. The average molecular weight is 262 g/mol. The first-order chi connectivity index (χ1) is 2.93. The molecule has 42 valence electrons. The van der Waals surface area contributed by atoms with E-state index in [1.807, 2.05) is 0 Å². The monoisotopic (exact) mass is 262 g/mol. The number of hydrogen-bond acceptors (Lipinski definition) is 0. The molecule has 0 saturated carbocycles. The van der Waals surface area contributed by atoms with Crippen LogP contribution < -0.4 is 0 Å². The van der Waals surface area contributed by atoms with Gasteiger partial charge in [0.05, 0.1) is 0 Å². The molecule has 1 rings (SSSR count). The Labute approximate surface area is 102 Å². The molecule has 1 aliphatic rings. The van der Waals surface area contributed by atoms with E-state index in [9.17, 15) is 0 Å². The molecule has 0 unspecified atom stereocenters. The van der Waals surface area contributed by atoms with E-state index in [4.69, 9.17) is 0 Å². The molecule has 0 atom stereocenters. The van der Waals surface area contributed by atoms with Crippen molar-refractivity contribution in [1.82, 2.24) is 0 Å². The van der Waals surface area contributed by atoms with E-state index in [0.29, 0.717) is 0 Å². The fourth-order valence-corrected chi connectivity index (χ4v) is 0.570. The molecular weight excluding hydrogens is 252 g/mol. The number of rotatable bonds is 1. The molecule has 1 heterocycles. The van der Waals surface area contributed by atoms with Crippen LogP contribution >= 0.6 is 0 Å². The van der Waals surface area contributed by atoms with Crippen LogP contribution in [0.15, 0.2) is 0 Å². The molecule has 0 bridgehead atoms. The van der Waals surface area contributed by atoms with Crippen molar-refractivity contribution in [2.45, 2.75) is 13.3 Å². The van der Waals surface area contributed by atoms with Crippen molar-refractivity contribution in [2.24, 2.45) is 5.92 Å². The van der Waals surface area contributed by atoms with E-state index in [2.05, 4.69) is 12.2 Å². The third kappa shape index (κ3) is 4.06. The maximum atomic E-state index is 4.07. The largest absolute Gasteiger partial charge is 0.662 e. The van der Waals surface area contributed by atoms with Gasteiger partial charge in [0.2, 0.25) is 0 Å². The van der Waals surface area contributed by atoms with Gasteiger partial charge < -0.3 is 5.32 Å². The van der Waals surface area contributed by atoms with E-state index >= 15 is 0 Å². The van der Waals surface area contributed by atoms with Crippen LogP contribution in [0.4, 0.5) is 0 Å². The normalized spacial score (nSPS) is 17.6. The van der Waals surface area contributed by atoms with E-state index in [1.165, 1.54) is 6.42 Å². The third-order valence-corrected chi connectivity index (χ3v) is 1.35. The van der Waals surface area contributed by atoms with Gasteiger partial charge >= 0.3 is 0 Å². The summed E-state index contributed by atoms with van der Waals surface area (Å²) in [4.78, 5) is 0. The molecule has 8 heavy (non-hydrogen) atoms. The van der Waals surface area contributed by atoms with Gasteiger partial charge in [-0.2, -0.15) is 0 Å². The van der Waals surface area contributed by atoms with Crippen molar-refractivity contribution in [1.29, 1.82) is 0 Å². The van der Waals surface area contributed by atoms with Gasteiger partial charge in [-0.1, -0.05) is 19.3 Å². The Balaban J connectivity index is 0. The molecule has 0 aromatic heterocycles. The molecule has 0 N–H and O–H groups in total. The van der Waals surface area contributed by atoms with Crippen LogP contribution in [0.5, 0.6) is 0 Å². The zero-order valence-corrected chi connectivity index (χ0v) is 11.0. The Morgan fingerprint density at radius 3 is 1.88 bits per heavy atom. The first-order valence-corrected chi connectivity index (χ1v) is 2.56. The SMILES string of the molecule is CCC1C[N-]C1.[Y].[Y]. The molecular formula is C5H10NY2-. The summed E-state index contributed by atoms with van der Waals surface area (Å²) in [6.07, 6.45) is 1.32. The molecule has 2 radical (unpaired) electrons. The van der Waals surface area contributed by atoms with Gasteiger partial charge in [-0.3, -0.25) is 0 Å².